The molecule has 1 aromatic heterocycles. The third kappa shape index (κ3) is 4.70. The molecule has 2 heterocycles. The van der Waals surface area contributed by atoms with Gasteiger partial charge in [-0.25, -0.2) is 4.39 Å². The van der Waals surface area contributed by atoms with E-state index in [1.54, 1.807) is 41.3 Å². The number of ketones is 1. The van der Waals surface area contributed by atoms with Crippen molar-refractivity contribution in [3.05, 3.63) is 92.9 Å². The molecule has 8 heteroatoms. The first kappa shape index (κ1) is 24.7. The number of carbonyl (C=O) groups excluding carboxylic acids is 3. The quantitative estimate of drug-likeness (QED) is 0.406. The molecule has 4 atom stereocenters. The maximum Gasteiger partial charge on any atom is 0.243 e. The van der Waals surface area contributed by atoms with Crippen molar-refractivity contribution in [2.75, 3.05) is 0 Å². The number of hydrogen-bond donors (Lipinski definition) is 1. The van der Waals surface area contributed by atoms with Gasteiger partial charge in [0.25, 0.3) is 0 Å². The highest BCUT2D eigenvalue weighted by Gasteiger charge is 2.57. The van der Waals surface area contributed by atoms with E-state index in [0.29, 0.717) is 10.6 Å². The number of nitrogens with one attached hydrogen (secondary N) is 1. The Balaban J connectivity index is 1.52. The van der Waals surface area contributed by atoms with Gasteiger partial charge in [0.05, 0.1) is 17.0 Å². The number of nitrogens with zero attached hydrogens (tertiary/aromatic N) is 1. The predicted octanol–water partition coefficient (Wildman–Crippen LogP) is 5.65. The zero-order chi connectivity index (χ0) is 25.4. The van der Waals surface area contributed by atoms with Crippen molar-refractivity contribution in [1.29, 1.82) is 0 Å². The molecule has 1 saturated heterocycles. The fourth-order valence-electron chi connectivity index (χ4n) is 5.16. The molecule has 0 radical (unpaired) electrons. The van der Waals surface area contributed by atoms with Gasteiger partial charge in [-0.1, -0.05) is 48.9 Å². The molecular formula is C28H26ClFN2O3S. The maximum absolute atomic E-state index is 13.9. The van der Waals surface area contributed by atoms with Crippen LogP contribution < -0.4 is 5.32 Å². The number of likely N-dealkylation sites (tertiary alicyclic amines) is 1. The minimum absolute atomic E-state index is 0.0864. The summed E-state index contributed by atoms with van der Waals surface area (Å²) in [4.78, 5) is 43.7. The van der Waals surface area contributed by atoms with Gasteiger partial charge in [0.1, 0.15) is 11.9 Å². The Labute approximate surface area is 218 Å². The van der Waals surface area contributed by atoms with E-state index < -0.39 is 23.9 Å². The molecule has 2 aromatic carbocycles. The Morgan fingerprint density at radius 3 is 2.42 bits per heavy atom. The normalized spacial score (nSPS) is 23.5. The van der Waals surface area contributed by atoms with Crippen molar-refractivity contribution in [3.8, 4) is 0 Å². The average Bonchev–Trinajstić information content (AvgIpc) is 3.49. The standard InChI is InChI=1S/C28H26ClFN2O3S/c1-16-23(26(33)20-5-2-3-6-21(20)29)25(22-7-4-14-36-22)32(28(35)18-10-11-18)24(16)27(34)31-15-17-8-12-19(30)13-9-17/h2-9,12-14,16,18,23-25H,10-11,15H2,1H3,(H,31,34). The number of carbonyl (C=O) groups is 3. The van der Waals surface area contributed by atoms with Gasteiger partial charge >= 0.3 is 0 Å². The number of rotatable bonds is 7. The lowest BCUT2D eigenvalue weighted by molar-refractivity contribution is -0.142. The van der Waals surface area contributed by atoms with Crippen molar-refractivity contribution in [2.45, 2.75) is 38.4 Å². The maximum atomic E-state index is 13.9. The molecule has 3 aromatic rings. The molecule has 1 aliphatic carbocycles. The lowest BCUT2D eigenvalue weighted by atomic mass is 9.82. The molecule has 1 saturated carbocycles. The van der Waals surface area contributed by atoms with Crippen LogP contribution in [-0.4, -0.2) is 28.5 Å². The highest BCUT2D eigenvalue weighted by molar-refractivity contribution is 7.10. The summed E-state index contributed by atoms with van der Waals surface area (Å²) in [6.45, 7) is 2.06. The summed E-state index contributed by atoms with van der Waals surface area (Å²) in [6.07, 6.45) is 1.57. The topological polar surface area (TPSA) is 66.5 Å². The molecule has 5 rings (SSSR count). The van der Waals surface area contributed by atoms with E-state index in [1.807, 2.05) is 24.4 Å². The molecule has 1 N–H and O–H groups in total. The van der Waals surface area contributed by atoms with E-state index in [2.05, 4.69) is 5.32 Å². The van der Waals surface area contributed by atoms with Crippen LogP contribution in [0.2, 0.25) is 5.02 Å². The minimum Gasteiger partial charge on any atom is -0.350 e. The van der Waals surface area contributed by atoms with E-state index in [4.69, 9.17) is 11.6 Å². The van der Waals surface area contributed by atoms with Gasteiger partial charge in [0.2, 0.25) is 11.8 Å². The van der Waals surface area contributed by atoms with Gasteiger partial charge in [0, 0.05) is 22.9 Å². The van der Waals surface area contributed by atoms with E-state index in [-0.39, 0.29) is 35.9 Å². The smallest absolute Gasteiger partial charge is 0.243 e. The number of benzene rings is 2. The second kappa shape index (κ2) is 10.1. The SMILES string of the molecule is CC1C(C(=O)c2ccccc2Cl)C(c2cccs2)N(C(=O)C2CC2)C1C(=O)NCc1ccc(F)cc1. The van der Waals surface area contributed by atoms with Gasteiger partial charge in [-0.15, -0.1) is 11.3 Å². The molecule has 186 valence electrons. The lowest BCUT2D eigenvalue weighted by Crippen LogP contribution is -2.49. The van der Waals surface area contributed by atoms with Crippen molar-refractivity contribution in [1.82, 2.24) is 10.2 Å². The van der Waals surface area contributed by atoms with E-state index in [0.717, 1.165) is 23.3 Å². The predicted molar refractivity (Wildman–Crippen MR) is 137 cm³/mol. The van der Waals surface area contributed by atoms with Gasteiger partial charge in [-0.3, -0.25) is 14.4 Å². The Kier molecular flexibility index (Phi) is 6.95. The third-order valence-electron chi connectivity index (χ3n) is 7.11. The van der Waals surface area contributed by atoms with E-state index >= 15 is 0 Å². The van der Waals surface area contributed by atoms with Crippen LogP contribution in [0.5, 0.6) is 0 Å². The van der Waals surface area contributed by atoms with Gasteiger partial charge in [-0.05, 0) is 60.0 Å². The molecular weight excluding hydrogens is 499 g/mol. The highest BCUT2D eigenvalue weighted by Crippen LogP contribution is 2.50. The first-order chi connectivity index (χ1) is 17.4. The number of halogens is 2. The van der Waals surface area contributed by atoms with Crippen molar-refractivity contribution < 1.29 is 18.8 Å². The number of Topliss-reactive ketones (excluding diaryl/α,β-unsaturated/α-hetero) is 1. The van der Waals surface area contributed by atoms with Crippen LogP contribution in [0.4, 0.5) is 4.39 Å². The fourth-order valence-corrected chi connectivity index (χ4v) is 6.26. The Morgan fingerprint density at radius 1 is 1.06 bits per heavy atom. The van der Waals surface area contributed by atoms with Crippen LogP contribution in [0.15, 0.2) is 66.0 Å². The Morgan fingerprint density at radius 2 is 1.78 bits per heavy atom. The van der Waals surface area contributed by atoms with Gasteiger partial charge < -0.3 is 10.2 Å². The first-order valence-electron chi connectivity index (χ1n) is 12.0. The summed E-state index contributed by atoms with van der Waals surface area (Å²) in [7, 11) is 0. The molecule has 0 bridgehead atoms. The van der Waals surface area contributed by atoms with Crippen molar-refractivity contribution >= 4 is 40.5 Å². The number of thiophene rings is 1. The monoisotopic (exact) mass is 524 g/mol. The van der Waals surface area contributed by atoms with Crippen LogP contribution in [0.3, 0.4) is 0 Å². The summed E-state index contributed by atoms with van der Waals surface area (Å²) >= 11 is 7.88. The van der Waals surface area contributed by atoms with E-state index in [1.165, 1.54) is 23.5 Å². The average molecular weight is 525 g/mol. The van der Waals surface area contributed by atoms with Crippen LogP contribution in [-0.2, 0) is 16.1 Å². The molecule has 2 amide bonds. The third-order valence-corrected chi connectivity index (χ3v) is 8.38. The molecule has 5 nitrogen and oxygen atoms in total. The van der Waals surface area contributed by atoms with Crippen LogP contribution in [0.1, 0.15) is 46.6 Å². The molecule has 36 heavy (non-hydrogen) atoms. The molecule has 4 unspecified atom stereocenters. The first-order valence-corrected chi connectivity index (χ1v) is 13.3. The number of hydrogen-bond acceptors (Lipinski definition) is 4. The zero-order valence-electron chi connectivity index (χ0n) is 19.7. The summed E-state index contributed by atoms with van der Waals surface area (Å²) in [5.74, 6) is -2.14. The van der Waals surface area contributed by atoms with Crippen LogP contribution >= 0.6 is 22.9 Å². The second-order valence-corrected chi connectivity index (χ2v) is 10.9. The lowest BCUT2D eigenvalue weighted by Gasteiger charge is -2.31. The summed E-state index contributed by atoms with van der Waals surface area (Å²) in [5, 5.41) is 5.19. The summed E-state index contributed by atoms with van der Waals surface area (Å²) < 4.78 is 13.3. The Hall–Kier alpha value is -3.03. The molecule has 2 fully saturated rings. The van der Waals surface area contributed by atoms with Crippen LogP contribution in [0, 0.1) is 23.6 Å². The number of amides is 2. The van der Waals surface area contributed by atoms with Crippen LogP contribution in [0.25, 0.3) is 0 Å². The summed E-state index contributed by atoms with van der Waals surface area (Å²) in [5.41, 5.74) is 1.14. The van der Waals surface area contributed by atoms with Gasteiger partial charge in [0.15, 0.2) is 5.78 Å². The van der Waals surface area contributed by atoms with E-state index in [9.17, 15) is 18.8 Å². The molecule has 0 spiro atoms. The van der Waals surface area contributed by atoms with Crippen molar-refractivity contribution in [3.63, 3.8) is 0 Å². The molecule has 1 aliphatic heterocycles. The minimum atomic E-state index is -0.818. The molecule has 2 aliphatic rings. The largest absolute Gasteiger partial charge is 0.350 e. The Bertz CT molecular complexity index is 1280. The van der Waals surface area contributed by atoms with Gasteiger partial charge in [-0.2, -0.15) is 0 Å². The fraction of sp³-hybridized carbons (Fsp3) is 0.321. The zero-order valence-corrected chi connectivity index (χ0v) is 21.3. The van der Waals surface area contributed by atoms with Crippen molar-refractivity contribution in [2.24, 2.45) is 17.8 Å². The summed E-state index contributed by atoms with van der Waals surface area (Å²) in [6, 6.07) is 15.2. The second-order valence-electron chi connectivity index (χ2n) is 9.50. The highest BCUT2D eigenvalue weighted by atomic mass is 35.5.